The summed E-state index contributed by atoms with van der Waals surface area (Å²) in [5.41, 5.74) is 3.52. The van der Waals surface area contributed by atoms with E-state index in [9.17, 15) is 19.8 Å². The lowest BCUT2D eigenvalue weighted by Gasteiger charge is -2.22. The second-order valence-corrected chi connectivity index (χ2v) is 3.89. The molecule has 0 fully saturated rings. The van der Waals surface area contributed by atoms with Gasteiger partial charge in [0.25, 0.3) is 5.56 Å². The molecule has 0 spiro atoms. The van der Waals surface area contributed by atoms with Crippen LogP contribution < -0.4 is 22.3 Å². The van der Waals surface area contributed by atoms with Crippen molar-refractivity contribution < 1.29 is 20.4 Å². The Morgan fingerprint density at radius 2 is 1.67 bits per heavy atom. The molecule has 0 unspecified atom stereocenters. The van der Waals surface area contributed by atoms with E-state index in [1.54, 1.807) is 0 Å². The van der Waals surface area contributed by atoms with Crippen molar-refractivity contribution in [2.45, 2.75) is 18.3 Å². The Hall–Kier alpha value is -1.30. The van der Waals surface area contributed by atoms with Gasteiger partial charge in [0.2, 0.25) is 0 Å². The molecule has 0 bridgehead atoms. The molecule has 0 amide bonds. The van der Waals surface area contributed by atoms with Crippen molar-refractivity contribution in [3.8, 4) is 0 Å². The first-order valence-electron chi connectivity index (χ1n) is 5.37. The molecule has 0 saturated heterocycles. The molecule has 10 nitrogen and oxygen atoms in total. The molecule has 0 aromatic carbocycles. The lowest BCUT2D eigenvalue weighted by molar-refractivity contribution is -0.0715. The van der Waals surface area contributed by atoms with Crippen LogP contribution in [0.15, 0.2) is 9.59 Å². The fourth-order valence-electron chi connectivity index (χ4n) is 1.33. The molecule has 1 aromatic heterocycles. The van der Waals surface area contributed by atoms with E-state index < -0.39 is 36.2 Å². The third kappa shape index (κ3) is 5.91. The lowest BCUT2D eigenvalue weighted by atomic mass is 10.1. The van der Waals surface area contributed by atoms with Crippen molar-refractivity contribution in [3.05, 3.63) is 20.8 Å². The van der Waals surface area contributed by atoms with Crippen LogP contribution in [0, 0.1) is 0 Å². The Balaban J connectivity index is 0. The minimum Gasteiger partial charge on any atom is -0.394 e. The quantitative estimate of drug-likeness (QED) is 0.266. The third-order valence-corrected chi connectivity index (χ3v) is 2.44. The average Bonchev–Trinajstić information content (AvgIpc) is 2.38. The average molecular weight is 352 g/mol. The molecule has 21 heavy (non-hydrogen) atoms. The standard InChI is InChI=1S/C9H16N4O6.2ClH/c10-5-7(12-9(19)13-8(5)18)11-1-3(15)6(17)4(16)2-14;;/h3-4,6,14-17H,1-2,10H2,(H3,11,12,13,18,19);2*1H/t3-,4+,6-;;/m0../s1/i5+1,7+1,8+1;;. The van der Waals surface area contributed by atoms with Crippen molar-refractivity contribution >= 4 is 36.3 Å². The number of aliphatic hydroxyl groups is 4. The Kier molecular flexibility index (Phi) is 10.1. The molecule has 0 aliphatic heterocycles. The summed E-state index contributed by atoms with van der Waals surface area (Å²) in [4.78, 5) is 26.3. The van der Waals surface area contributed by atoms with E-state index >= 15 is 0 Å². The maximum absolute atomic E-state index is 11.2. The number of aromatic nitrogens is 2. The molecular weight excluding hydrogens is 334 g/mol. The molecule has 0 aliphatic rings. The van der Waals surface area contributed by atoms with Crippen molar-refractivity contribution in [1.82, 2.24) is 9.97 Å². The Labute approximate surface area is 130 Å². The van der Waals surface area contributed by atoms with E-state index in [-0.39, 0.29) is 42.9 Å². The van der Waals surface area contributed by atoms with E-state index in [0.29, 0.717) is 0 Å². The van der Waals surface area contributed by atoms with Gasteiger partial charge in [0.1, 0.15) is 23.7 Å². The highest BCUT2D eigenvalue weighted by atomic mass is 35.5. The SMILES string of the molecule is Cl.Cl.N[13c]1[13c](NC[C@H](O)[C@H](O)[C@H](O)CO)[nH]c(=O)[nH][13c]1=O. The highest BCUT2D eigenvalue weighted by molar-refractivity contribution is 5.85. The largest absolute Gasteiger partial charge is 0.394 e. The van der Waals surface area contributed by atoms with Gasteiger partial charge in [-0.05, 0) is 0 Å². The van der Waals surface area contributed by atoms with Crippen molar-refractivity contribution in [1.29, 1.82) is 0 Å². The summed E-state index contributed by atoms with van der Waals surface area (Å²) in [5.74, 6) is -0.113. The summed E-state index contributed by atoms with van der Waals surface area (Å²) in [7, 11) is 0. The molecule has 9 N–H and O–H groups in total. The number of hydrogen-bond donors (Lipinski definition) is 8. The number of aliphatic hydroxyl groups excluding tert-OH is 4. The summed E-state index contributed by atoms with van der Waals surface area (Å²) in [6, 6.07) is 0. The van der Waals surface area contributed by atoms with Gasteiger partial charge < -0.3 is 31.5 Å². The van der Waals surface area contributed by atoms with Gasteiger partial charge in [0.05, 0.1) is 12.7 Å². The molecule has 124 valence electrons. The highest BCUT2D eigenvalue weighted by Crippen LogP contribution is 2.07. The zero-order valence-corrected chi connectivity index (χ0v) is 12.3. The summed E-state index contributed by atoms with van der Waals surface area (Å²) >= 11 is 0. The van der Waals surface area contributed by atoms with Gasteiger partial charge in [0.15, 0.2) is 0 Å². The molecule has 0 radical (unpaired) electrons. The van der Waals surface area contributed by atoms with Gasteiger partial charge in [-0.15, -0.1) is 24.8 Å². The Morgan fingerprint density at radius 1 is 1.10 bits per heavy atom. The summed E-state index contributed by atoms with van der Waals surface area (Å²) < 4.78 is 0. The van der Waals surface area contributed by atoms with Gasteiger partial charge in [0, 0.05) is 6.54 Å². The number of halogens is 2. The van der Waals surface area contributed by atoms with E-state index in [1.165, 1.54) is 0 Å². The second kappa shape index (κ2) is 9.60. The van der Waals surface area contributed by atoms with Crippen molar-refractivity contribution in [2.75, 3.05) is 24.2 Å². The number of H-pyrrole nitrogens is 2. The lowest BCUT2D eigenvalue weighted by Crippen LogP contribution is -2.43. The predicted octanol–water partition coefficient (Wildman–Crippen LogP) is -3.02. The second-order valence-electron chi connectivity index (χ2n) is 3.89. The van der Waals surface area contributed by atoms with Crippen molar-refractivity contribution in [3.63, 3.8) is 0 Å². The number of aromatic amines is 2. The Morgan fingerprint density at radius 3 is 2.19 bits per heavy atom. The molecule has 3 atom stereocenters. The fraction of sp³-hybridized carbons (Fsp3) is 0.556. The molecule has 12 heteroatoms. The van der Waals surface area contributed by atoms with Crippen LogP contribution in [0.3, 0.4) is 0 Å². The van der Waals surface area contributed by atoms with Crippen LogP contribution in [0.1, 0.15) is 0 Å². The number of nitrogen functional groups attached to an aromatic ring is 1. The Bertz CT molecular complexity index is 536. The monoisotopic (exact) mass is 351 g/mol. The van der Waals surface area contributed by atoms with Crippen LogP contribution in [0.2, 0.25) is 0 Å². The maximum atomic E-state index is 11.2. The first-order valence-corrected chi connectivity index (χ1v) is 5.37. The first kappa shape index (κ1) is 22.0. The zero-order valence-electron chi connectivity index (χ0n) is 10.6. The maximum Gasteiger partial charge on any atom is 0.327 e. The smallest absolute Gasteiger partial charge is 0.327 e. The van der Waals surface area contributed by atoms with E-state index in [0.717, 1.165) is 0 Å². The van der Waals surface area contributed by atoms with Crippen LogP contribution >= 0.6 is 24.8 Å². The summed E-state index contributed by atoms with van der Waals surface area (Å²) in [6.07, 6.45) is -4.54. The molecule has 1 heterocycles. The molecule has 1 aromatic rings. The molecule has 1 rings (SSSR count). The van der Waals surface area contributed by atoms with Gasteiger partial charge in [-0.1, -0.05) is 0 Å². The molecule has 0 saturated carbocycles. The van der Waals surface area contributed by atoms with Gasteiger partial charge >= 0.3 is 5.69 Å². The van der Waals surface area contributed by atoms with E-state index in [2.05, 4.69) is 10.3 Å². The normalized spacial score (nSPS) is 14.3. The summed E-state index contributed by atoms with van der Waals surface area (Å²) in [6.45, 7) is -1.02. The van der Waals surface area contributed by atoms with Crippen LogP contribution in [0.4, 0.5) is 11.5 Å². The fourth-order valence-corrected chi connectivity index (χ4v) is 1.33. The summed E-state index contributed by atoms with van der Waals surface area (Å²) in [5, 5.41) is 39.0. The number of anilines is 2. The number of nitrogens with two attached hydrogens (primary N) is 1. The topological polar surface area (TPSA) is 185 Å². The van der Waals surface area contributed by atoms with Gasteiger partial charge in [-0.2, -0.15) is 0 Å². The molecular formula is C9H18Cl2N4O6. The van der Waals surface area contributed by atoms with Crippen LogP contribution in [-0.4, -0.2) is 61.9 Å². The molecule has 0 aliphatic carbocycles. The minimum absolute atomic E-state index is 0. The predicted molar refractivity (Wildman–Crippen MR) is 80.2 cm³/mol. The van der Waals surface area contributed by atoms with Crippen molar-refractivity contribution in [2.24, 2.45) is 0 Å². The number of nitrogens with one attached hydrogen (secondary N) is 3. The van der Waals surface area contributed by atoms with Gasteiger partial charge in [-0.3, -0.25) is 14.8 Å². The van der Waals surface area contributed by atoms with Gasteiger partial charge in [-0.25, -0.2) is 4.79 Å². The first-order chi connectivity index (χ1) is 8.86. The highest BCUT2D eigenvalue weighted by Gasteiger charge is 2.24. The van der Waals surface area contributed by atoms with E-state index in [1.807, 2.05) is 4.98 Å². The van der Waals surface area contributed by atoms with Crippen LogP contribution in [0.25, 0.3) is 0 Å². The third-order valence-electron chi connectivity index (χ3n) is 2.44. The zero-order chi connectivity index (χ0) is 14.6. The van der Waals surface area contributed by atoms with E-state index in [4.69, 9.17) is 15.9 Å². The minimum atomic E-state index is -1.59. The van der Waals surface area contributed by atoms with Crippen LogP contribution in [-0.2, 0) is 0 Å². The number of hydrogen-bond acceptors (Lipinski definition) is 8. The number of rotatable bonds is 6. The van der Waals surface area contributed by atoms with Crippen LogP contribution in [0.5, 0.6) is 0 Å².